The minimum absolute atomic E-state index is 0.355. The van der Waals surface area contributed by atoms with Crippen LogP contribution in [0.4, 0.5) is 5.82 Å². The van der Waals surface area contributed by atoms with E-state index in [1.54, 1.807) is 18.5 Å². The third-order valence-electron chi connectivity index (χ3n) is 3.43. The van der Waals surface area contributed by atoms with E-state index in [1.807, 2.05) is 24.3 Å². The Morgan fingerprint density at radius 2 is 2.18 bits per heavy atom. The molecule has 0 saturated carbocycles. The van der Waals surface area contributed by atoms with Gasteiger partial charge in [-0.2, -0.15) is 0 Å². The third-order valence-corrected chi connectivity index (χ3v) is 3.43. The minimum atomic E-state index is -0.568. The molecule has 112 valence electrons. The van der Waals surface area contributed by atoms with Gasteiger partial charge in [-0.25, -0.2) is 14.6 Å². The SMILES string of the molecule is C=NC(=O)C(C)n1c(-c2nonc2NC)nc2ccccc21. The molecule has 0 aliphatic rings. The molecule has 0 aliphatic carbocycles. The van der Waals surface area contributed by atoms with Crippen LogP contribution in [0.1, 0.15) is 13.0 Å². The number of benzene rings is 1. The van der Waals surface area contributed by atoms with Crippen molar-refractivity contribution < 1.29 is 9.42 Å². The van der Waals surface area contributed by atoms with Crippen LogP contribution in [0, 0.1) is 0 Å². The Morgan fingerprint density at radius 1 is 1.41 bits per heavy atom. The summed E-state index contributed by atoms with van der Waals surface area (Å²) in [7, 11) is 1.70. The fraction of sp³-hybridized carbons (Fsp3) is 0.214. The van der Waals surface area contributed by atoms with E-state index in [0.717, 1.165) is 11.0 Å². The molecule has 3 aromatic rings. The number of carbonyl (C=O) groups is 1. The average molecular weight is 298 g/mol. The van der Waals surface area contributed by atoms with Crippen molar-refractivity contribution in [2.24, 2.45) is 4.99 Å². The number of nitrogens with zero attached hydrogens (tertiary/aromatic N) is 5. The second-order valence-corrected chi connectivity index (χ2v) is 4.68. The molecule has 0 aliphatic heterocycles. The normalized spacial score (nSPS) is 12.3. The Bertz CT molecular complexity index is 850. The Hall–Kier alpha value is -3.03. The summed E-state index contributed by atoms with van der Waals surface area (Å²) in [5.74, 6) is 0.575. The van der Waals surface area contributed by atoms with E-state index >= 15 is 0 Å². The number of hydrogen-bond acceptors (Lipinski definition) is 6. The van der Waals surface area contributed by atoms with Crippen LogP contribution >= 0.6 is 0 Å². The Balaban J connectivity index is 2.30. The molecule has 0 radical (unpaired) electrons. The zero-order valence-corrected chi connectivity index (χ0v) is 12.1. The van der Waals surface area contributed by atoms with Gasteiger partial charge in [0.05, 0.1) is 11.0 Å². The first kappa shape index (κ1) is 13.9. The number of imidazole rings is 1. The van der Waals surface area contributed by atoms with Gasteiger partial charge in [-0.3, -0.25) is 4.79 Å². The molecule has 0 saturated heterocycles. The van der Waals surface area contributed by atoms with Crippen LogP contribution in [0.15, 0.2) is 33.9 Å². The highest BCUT2D eigenvalue weighted by Gasteiger charge is 2.25. The summed E-state index contributed by atoms with van der Waals surface area (Å²) < 4.78 is 6.53. The lowest BCUT2D eigenvalue weighted by atomic mass is 10.2. The quantitative estimate of drug-likeness (QED) is 0.739. The lowest BCUT2D eigenvalue weighted by molar-refractivity contribution is -0.120. The number of anilines is 1. The van der Waals surface area contributed by atoms with Gasteiger partial charge in [0.25, 0.3) is 5.91 Å². The molecule has 8 nitrogen and oxygen atoms in total. The van der Waals surface area contributed by atoms with Crippen LogP contribution in [-0.2, 0) is 4.79 Å². The highest BCUT2D eigenvalue weighted by Crippen LogP contribution is 2.30. The van der Waals surface area contributed by atoms with Gasteiger partial charge in [-0.1, -0.05) is 12.1 Å². The zero-order valence-electron chi connectivity index (χ0n) is 12.1. The summed E-state index contributed by atoms with van der Waals surface area (Å²) in [6.45, 7) is 5.04. The van der Waals surface area contributed by atoms with Gasteiger partial charge in [0.15, 0.2) is 11.5 Å². The number of aliphatic imine (C=N–C) groups is 1. The molecule has 2 aromatic heterocycles. The van der Waals surface area contributed by atoms with E-state index in [4.69, 9.17) is 4.63 Å². The van der Waals surface area contributed by atoms with Crippen molar-refractivity contribution in [2.45, 2.75) is 13.0 Å². The third kappa shape index (κ3) is 2.05. The lowest BCUT2D eigenvalue weighted by Crippen LogP contribution is -2.15. The van der Waals surface area contributed by atoms with Crippen molar-refractivity contribution >= 4 is 29.5 Å². The maximum absolute atomic E-state index is 12.0. The Morgan fingerprint density at radius 3 is 2.91 bits per heavy atom. The van der Waals surface area contributed by atoms with Gasteiger partial charge in [0.1, 0.15) is 6.04 Å². The number of nitrogens with one attached hydrogen (secondary N) is 1. The summed E-state index contributed by atoms with van der Waals surface area (Å²) in [6, 6.07) is 6.93. The highest BCUT2D eigenvalue weighted by atomic mass is 16.6. The van der Waals surface area contributed by atoms with E-state index in [0.29, 0.717) is 17.3 Å². The molecule has 22 heavy (non-hydrogen) atoms. The predicted molar refractivity (Wildman–Crippen MR) is 81.8 cm³/mol. The first-order chi connectivity index (χ1) is 10.7. The number of para-hydroxylation sites is 2. The molecular weight excluding hydrogens is 284 g/mol. The smallest absolute Gasteiger partial charge is 0.267 e. The fourth-order valence-corrected chi connectivity index (χ4v) is 2.35. The summed E-state index contributed by atoms with van der Waals surface area (Å²) in [5.41, 5.74) is 1.97. The second-order valence-electron chi connectivity index (χ2n) is 4.68. The van der Waals surface area contributed by atoms with Crippen molar-refractivity contribution in [3.63, 3.8) is 0 Å². The maximum Gasteiger partial charge on any atom is 0.267 e. The van der Waals surface area contributed by atoms with E-state index in [1.165, 1.54) is 0 Å². The monoisotopic (exact) mass is 298 g/mol. The Labute approximate surface area is 125 Å². The largest absolute Gasteiger partial charge is 0.368 e. The highest BCUT2D eigenvalue weighted by molar-refractivity contribution is 5.89. The van der Waals surface area contributed by atoms with Gasteiger partial charge in [0.2, 0.25) is 5.82 Å². The van der Waals surface area contributed by atoms with Crippen molar-refractivity contribution in [3.05, 3.63) is 24.3 Å². The Kier molecular flexibility index (Phi) is 3.42. The van der Waals surface area contributed by atoms with Crippen molar-refractivity contribution in [2.75, 3.05) is 12.4 Å². The molecule has 2 heterocycles. The molecule has 0 bridgehead atoms. The molecule has 1 aromatic carbocycles. The van der Waals surface area contributed by atoms with Gasteiger partial charge in [-0.15, -0.1) is 0 Å². The van der Waals surface area contributed by atoms with E-state index in [-0.39, 0.29) is 5.91 Å². The topological polar surface area (TPSA) is 98.2 Å². The van der Waals surface area contributed by atoms with Crippen LogP contribution in [-0.4, -0.2) is 39.5 Å². The van der Waals surface area contributed by atoms with Crippen LogP contribution in [0.2, 0.25) is 0 Å². The number of fused-ring (bicyclic) bond motifs is 1. The summed E-state index contributed by atoms with van der Waals surface area (Å²) in [4.78, 5) is 20.0. The number of carbonyl (C=O) groups excluding carboxylic acids is 1. The van der Waals surface area contributed by atoms with Crippen LogP contribution in [0.25, 0.3) is 22.6 Å². The molecule has 3 rings (SSSR count). The van der Waals surface area contributed by atoms with Gasteiger partial charge in [0, 0.05) is 7.05 Å². The minimum Gasteiger partial charge on any atom is -0.368 e. The first-order valence-corrected chi connectivity index (χ1v) is 6.65. The lowest BCUT2D eigenvalue weighted by Gasteiger charge is -2.13. The average Bonchev–Trinajstić information content (AvgIpc) is 3.16. The molecule has 1 amide bonds. The molecule has 8 heteroatoms. The second kappa shape index (κ2) is 5.40. The van der Waals surface area contributed by atoms with Gasteiger partial charge in [-0.05, 0) is 36.1 Å². The molecule has 0 fully saturated rings. The maximum atomic E-state index is 12.0. The molecule has 1 atom stereocenters. The summed E-state index contributed by atoms with van der Waals surface area (Å²) in [5, 5.41) is 10.6. The standard InChI is InChI=1S/C14H14N6O2/c1-8(14(21)16-3)20-10-7-5-4-6-9(10)17-13(20)11-12(15-2)19-22-18-11/h4-8H,3H2,1-2H3,(H,15,19). The van der Waals surface area contributed by atoms with Crippen molar-refractivity contribution in [3.8, 4) is 11.5 Å². The first-order valence-electron chi connectivity index (χ1n) is 6.65. The fourth-order valence-electron chi connectivity index (χ4n) is 2.35. The number of amides is 1. The van der Waals surface area contributed by atoms with Gasteiger partial charge >= 0.3 is 0 Å². The van der Waals surface area contributed by atoms with Gasteiger partial charge < -0.3 is 9.88 Å². The number of rotatable bonds is 4. The van der Waals surface area contributed by atoms with Crippen LogP contribution in [0.5, 0.6) is 0 Å². The number of hydrogen-bond donors (Lipinski definition) is 1. The predicted octanol–water partition coefficient (Wildman–Crippen LogP) is 1.92. The molecular formula is C14H14N6O2. The summed E-state index contributed by atoms with van der Waals surface area (Å²) in [6.07, 6.45) is 0. The van der Waals surface area contributed by atoms with Crippen LogP contribution in [0.3, 0.4) is 0 Å². The van der Waals surface area contributed by atoms with Crippen molar-refractivity contribution in [1.82, 2.24) is 19.9 Å². The van der Waals surface area contributed by atoms with E-state index in [2.05, 4.69) is 32.3 Å². The van der Waals surface area contributed by atoms with Crippen LogP contribution < -0.4 is 5.32 Å². The number of aromatic nitrogens is 4. The zero-order chi connectivity index (χ0) is 15.7. The van der Waals surface area contributed by atoms with E-state index in [9.17, 15) is 4.79 Å². The molecule has 0 spiro atoms. The van der Waals surface area contributed by atoms with Crippen molar-refractivity contribution in [1.29, 1.82) is 0 Å². The molecule has 1 unspecified atom stereocenters. The summed E-state index contributed by atoms with van der Waals surface area (Å²) >= 11 is 0. The van der Waals surface area contributed by atoms with E-state index < -0.39 is 6.04 Å². The molecule has 1 N–H and O–H groups in total.